The van der Waals surface area contributed by atoms with Gasteiger partial charge in [-0.15, -0.1) is 0 Å². The molecule has 4 nitrogen and oxygen atoms in total. The summed E-state index contributed by atoms with van der Waals surface area (Å²) in [4.78, 5) is 12.9. The molecule has 1 aliphatic heterocycles. The van der Waals surface area contributed by atoms with Crippen molar-refractivity contribution in [2.45, 2.75) is 19.5 Å². The number of nitrogens with two attached hydrogens (primary N) is 1. The summed E-state index contributed by atoms with van der Waals surface area (Å²) >= 11 is 0. The molecule has 0 saturated carbocycles. The average molecular weight is 206 g/mol. The van der Waals surface area contributed by atoms with Gasteiger partial charge < -0.3 is 10.5 Å². The van der Waals surface area contributed by atoms with Gasteiger partial charge in [-0.3, -0.25) is 9.69 Å². The molecule has 1 atom stereocenters. The molecule has 0 aromatic heterocycles. The lowest BCUT2D eigenvalue weighted by Crippen LogP contribution is -2.45. The fourth-order valence-electron chi connectivity index (χ4n) is 1.62. The Morgan fingerprint density at radius 2 is 2.27 bits per heavy atom. The zero-order valence-electron chi connectivity index (χ0n) is 8.64. The molecule has 4 heteroatoms. The number of para-hydroxylation sites is 1. The van der Waals surface area contributed by atoms with Gasteiger partial charge in [0.25, 0.3) is 0 Å². The van der Waals surface area contributed by atoms with E-state index in [-0.39, 0.29) is 11.9 Å². The monoisotopic (exact) mass is 206 g/mol. The first-order chi connectivity index (χ1) is 7.18. The number of carbonyl (C=O) groups is 1. The lowest BCUT2D eigenvalue weighted by atomic mass is 10.1. The van der Waals surface area contributed by atoms with Crippen LogP contribution >= 0.6 is 0 Å². The minimum atomic E-state index is -0.321. The van der Waals surface area contributed by atoms with Crippen molar-refractivity contribution < 1.29 is 9.53 Å². The van der Waals surface area contributed by atoms with E-state index in [1.165, 1.54) is 0 Å². The Hall–Kier alpha value is -1.55. The van der Waals surface area contributed by atoms with Crippen LogP contribution in [0.25, 0.3) is 0 Å². The highest BCUT2D eigenvalue weighted by molar-refractivity contribution is 5.79. The number of amides is 1. The van der Waals surface area contributed by atoms with E-state index in [9.17, 15) is 4.79 Å². The van der Waals surface area contributed by atoms with Gasteiger partial charge in [-0.05, 0) is 13.0 Å². The third-order valence-corrected chi connectivity index (χ3v) is 2.69. The highest BCUT2D eigenvalue weighted by Gasteiger charge is 2.24. The summed E-state index contributed by atoms with van der Waals surface area (Å²) in [5.41, 5.74) is 6.34. The Morgan fingerprint density at radius 1 is 1.53 bits per heavy atom. The fraction of sp³-hybridized carbons (Fsp3) is 0.364. The maximum atomic E-state index is 11.0. The first-order valence-electron chi connectivity index (χ1n) is 4.92. The van der Waals surface area contributed by atoms with Crippen molar-refractivity contribution in [2.75, 3.05) is 6.73 Å². The smallest absolute Gasteiger partial charge is 0.234 e. The van der Waals surface area contributed by atoms with Gasteiger partial charge in [0, 0.05) is 12.1 Å². The van der Waals surface area contributed by atoms with Gasteiger partial charge in [0.2, 0.25) is 5.91 Å². The summed E-state index contributed by atoms with van der Waals surface area (Å²) in [5.74, 6) is 0.573. The Bertz CT molecular complexity index is 379. The molecule has 0 radical (unpaired) electrons. The van der Waals surface area contributed by atoms with Gasteiger partial charge in [-0.2, -0.15) is 0 Å². The van der Waals surface area contributed by atoms with E-state index in [1.807, 2.05) is 29.2 Å². The SMILES string of the molecule is CC(C(N)=O)N1COc2ccccc2C1. The molecule has 1 amide bonds. The minimum absolute atomic E-state index is 0.293. The lowest BCUT2D eigenvalue weighted by Gasteiger charge is -2.31. The second kappa shape index (κ2) is 3.90. The third kappa shape index (κ3) is 1.94. The van der Waals surface area contributed by atoms with Crippen LogP contribution in [0.15, 0.2) is 24.3 Å². The van der Waals surface area contributed by atoms with Crippen molar-refractivity contribution in [3.63, 3.8) is 0 Å². The third-order valence-electron chi connectivity index (χ3n) is 2.69. The standard InChI is InChI=1S/C11H14N2O2/c1-8(11(12)14)13-6-9-4-2-3-5-10(9)15-7-13/h2-5,8H,6-7H2,1H3,(H2,12,14). The second-order valence-corrected chi connectivity index (χ2v) is 3.71. The van der Waals surface area contributed by atoms with Gasteiger partial charge in [-0.25, -0.2) is 0 Å². The van der Waals surface area contributed by atoms with Crippen LogP contribution in [-0.4, -0.2) is 23.6 Å². The number of nitrogens with zero attached hydrogens (tertiary/aromatic N) is 1. The quantitative estimate of drug-likeness (QED) is 0.775. The molecule has 1 unspecified atom stereocenters. The number of benzene rings is 1. The predicted molar refractivity (Wildman–Crippen MR) is 56.1 cm³/mol. The first kappa shape index (κ1) is 9.98. The summed E-state index contributed by atoms with van der Waals surface area (Å²) in [7, 11) is 0. The number of fused-ring (bicyclic) bond motifs is 1. The van der Waals surface area contributed by atoms with Gasteiger partial charge in [0.05, 0.1) is 6.04 Å². The Kier molecular flexibility index (Phi) is 2.60. The van der Waals surface area contributed by atoms with Crippen LogP contribution in [0.4, 0.5) is 0 Å². The van der Waals surface area contributed by atoms with E-state index in [4.69, 9.17) is 10.5 Å². The van der Waals surface area contributed by atoms with Crippen LogP contribution in [0, 0.1) is 0 Å². The van der Waals surface area contributed by atoms with Crippen LogP contribution in [0.3, 0.4) is 0 Å². The molecule has 1 heterocycles. The zero-order valence-corrected chi connectivity index (χ0v) is 8.64. The topological polar surface area (TPSA) is 55.6 Å². The van der Waals surface area contributed by atoms with Crippen LogP contribution < -0.4 is 10.5 Å². The van der Waals surface area contributed by atoms with E-state index >= 15 is 0 Å². The van der Waals surface area contributed by atoms with Gasteiger partial charge >= 0.3 is 0 Å². The largest absolute Gasteiger partial charge is 0.478 e. The normalized spacial score (nSPS) is 17.7. The molecule has 1 aromatic rings. The van der Waals surface area contributed by atoms with Gasteiger partial charge in [0.15, 0.2) is 0 Å². The molecule has 0 saturated heterocycles. The number of rotatable bonds is 2. The van der Waals surface area contributed by atoms with Crippen molar-refractivity contribution in [3.8, 4) is 5.75 Å². The number of hydrogen-bond donors (Lipinski definition) is 1. The van der Waals surface area contributed by atoms with Gasteiger partial charge in [-0.1, -0.05) is 18.2 Å². The summed E-state index contributed by atoms with van der Waals surface area (Å²) in [6, 6.07) is 7.53. The Balaban J connectivity index is 2.15. The second-order valence-electron chi connectivity index (χ2n) is 3.71. The summed E-state index contributed by atoms with van der Waals surface area (Å²) < 4.78 is 5.53. The molecule has 0 spiro atoms. The number of primary amides is 1. The zero-order chi connectivity index (χ0) is 10.8. The minimum Gasteiger partial charge on any atom is -0.478 e. The molecule has 2 rings (SSSR count). The molecule has 0 aliphatic carbocycles. The van der Waals surface area contributed by atoms with Crippen molar-refractivity contribution in [1.82, 2.24) is 4.90 Å². The highest BCUT2D eigenvalue weighted by atomic mass is 16.5. The highest BCUT2D eigenvalue weighted by Crippen LogP contribution is 2.24. The molecular formula is C11H14N2O2. The van der Waals surface area contributed by atoms with Crippen LogP contribution in [-0.2, 0) is 11.3 Å². The van der Waals surface area contributed by atoms with Crippen LogP contribution in [0.2, 0.25) is 0 Å². The number of ether oxygens (including phenoxy) is 1. The lowest BCUT2D eigenvalue weighted by molar-refractivity contribution is -0.124. The Labute approximate surface area is 88.6 Å². The summed E-state index contributed by atoms with van der Waals surface area (Å²) in [6.07, 6.45) is 0. The molecule has 80 valence electrons. The van der Waals surface area contributed by atoms with E-state index in [2.05, 4.69) is 0 Å². The van der Waals surface area contributed by atoms with E-state index in [0.717, 1.165) is 11.3 Å². The van der Waals surface area contributed by atoms with Crippen molar-refractivity contribution in [3.05, 3.63) is 29.8 Å². The fourth-order valence-corrected chi connectivity index (χ4v) is 1.62. The maximum absolute atomic E-state index is 11.0. The molecule has 2 N–H and O–H groups in total. The maximum Gasteiger partial charge on any atom is 0.234 e. The number of hydrogen-bond acceptors (Lipinski definition) is 3. The van der Waals surface area contributed by atoms with Crippen molar-refractivity contribution in [2.24, 2.45) is 5.73 Å². The Morgan fingerprint density at radius 3 is 3.00 bits per heavy atom. The molecule has 1 aromatic carbocycles. The molecule has 15 heavy (non-hydrogen) atoms. The summed E-state index contributed by atoms with van der Waals surface area (Å²) in [5, 5.41) is 0. The molecular weight excluding hydrogens is 192 g/mol. The summed E-state index contributed by atoms with van der Waals surface area (Å²) in [6.45, 7) is 2.92. The molecule has 0 fully saturated rings. The van der Waals surface area contributed by atoms with E-state index < -0.39 is 0 Å². The van der Waals surface area contributed by atoms with E-state index in [1.54, 1.807) is 6.92 Å². The van der Waals surface area contributed by atoms with Crippen molar-refractivity contribution in [1.29, 1.82) is 0 Å². The number of carbonyl (C=O) groups excluding carboxylic acids is 1. The molecule has 0 bridgehead atoms. The average Bonchev–Trinajstić information content (AvgIpc) is 2.27. The van der Waals surface area contributed by atoms with E-state index in [0.29, 0.717) is 13.3 Å². The van der Waals surface area contributed by atoms with Crippen LogP contribution in [0.5, 0.6) is 5.75 Å². The predicted octanol–water partition coefficient (Wildman–Crippen LogP) is 0.712. The van der Waals surface area contributed by atoms with Crippen molar-refractivity contribution >= 4 is 5.91 Å². The molecule has 1 aliphatic rings. The van der Waals surface area contributed by atoms with Crippen LogP contribution in [0.1, 0.15) is 12.5 Å². The van der Waals surface area contributed by atoms with Gasteiger partial charge in [0.1, 0.15) is 12.5 Å². The first-order valence-corrected chi connectivity index (χ1v) is 4.92.